The number of aliphatic carboxylic acids is 1. The Hall–Kier alpha value is -2.65. The van der Waals surface area contributed by atoms with E-state index in [0.717, 1.165) is 9.87 Å². The topological polar surface area (TPSA) is 108 Å². The Morgan fingerprint density at radius 2 is 1.74 bits per heavy atom. The number of carboxylic acids is 1. The first kappa shape index (κ1) is 20.7. The summed E-state index contributed by atoms with van der Waals surface area (Å²) in [5.74, 6) is -1.55. The molecule has 1 aromatic carbocycles. The minimum absolute atomic E-state index is 0.0724. The number of sulfonamides is 1. The van der Waals surface area contributed by atoms with E-state index in [1.54, 1.807) is 0 Å². The Kier molecular flexibility index (Phi) is 6.75. The molecular formula is C18H22N2O6S. The molecule has 1 N–H and O–H groups in total. The Morgan fingerprint density at radius 1 is 1.07 bits per heavy atom. The summed E-state index contributed by atoms with van der Waals surface area (Å²) in [6, 6.07) is 11.8. The lowest BCUT2D eigenvalue weighted by molar-refractivity contribution is -0.137. The molecule has 0 spiro atoms. The summed E-state index contributed by atoms with van der Waals surface area (Å²) >= 11 is 0. The zero-order valence-corrected chi connectivity index (χ0v) is 16.0. The van der Waals surface area contributed by atoms with Gasteiger partial charge in [-0.3, -0.25) is 9.59 Å². The average Bonchev–Trinajstić information content (AvgIpc) is 3.11. The first-order chi connectivity index (χ1) is 12.7. The number of amides is 1. The Balaban J connectivity index is 2.22. The fourth-order valence-corrected chi connectivity index (χ4v) is 3.18. The van der Waals surface area contributed by atoms with Crippen LogP contribution in [-0.2, 0) is 21.4 Å². The molecule has 27 heavy (non-hydrogen) atoms. The van der Waals surface area contributed by atoms with Gasteiger partial charge in [0.25, 0.3) is 15.9 Å². The molecule has 1 heterocycles. The van der Waals surface area contributed by atoms with E-state index >= 15 is 0 Å². The number of hydrogen-bond acceptors (Lipinski definition) is 5. The van der Waals surface area contributed by atoms with Gasteiger partial charge in [0.05, 0.1) is 0 Å². The van der Waals surface area contributed by atoms with Gasteiger partial charge in [0, 0.05) is 33.6 Å². The van der Waals surface area contributed by atoms with E-state index in [0.29, 0.717) is 0 Å². The van der Waals surface area contributed by atoms with Crippen LogP contribution in [0.2, 0.25) is 0 Å². The van der Waals surface area contributed by atoms with Gasteiger partial charge in [0.1, 0.15) is 0 Å². The summed E-state index contributed by atoms with van der Waals surface area (Å²) < 4.78 is 30.5. The van der Waals surface area contributed by atoms with E-state index in [1.807, 2.05) is 30.3 Å². The number of rotatable bonds is 9. The summed E-state index contributed by atoms with van der Waals surface area (Å²) in [6.07, 6.45) is 0.203. The smallest absolute Gasteiger partial charge is 0.303 e. The van der Waals surface area contributed by atoms with E-state index in [1.165, 1.54) is 31.1 Å². The van der Waals surface area contributed by atoms with Crippen molar-refractivity contribution in [3.05, 3.63) is 53.8 Å². The lowest BCUT2D eigenvalue weighted by Crippen LogP contribution is -2.31. The Bertz CT molecular complexity index is 890. The first-order valence-electron chi connectivity index (χ1n) is 8.29. The maximum atomic E-state index is 12.8. The summed E-state index contributed by atoms with van der Waals surface area (Å²) in [7, 11) is -1.05. The molecule has 2 aromatic rings. The molecule has 8 nitrogen and oxygen atoms in total. The van der Waals surface area contributed by atoms with Gasteiger partial charge in [-0.1, -0.05) is 30.3 Å². The van der Waals surface area contributed by atoms with Crippen LogP contribution in [-0.4, -0.2) is 55.2 Å². The summed E-state index contributed by atoms with van der Waals surface area (Å²) in [4.78, 5) is 25.0. The summed E-state index contributed by atoms with van der Waals surface area (Å²) in [5, 5.41) is 8.50. The van der Waals surface area contributed by atoms with Crippen molar-refractivity contribution in [2.75, 3.05) is 20.6 Å². The highest BCUT2D eigenvalue weighted by Crippen LogP contribution is 2.19. The molecule has 0 radical (unpaired) electrons. The monoisotopic (exact) mass is 394 g/mol. The van der Waals surface area contributed by atoms with Crippen molar-refractivity contribution < 1.29 is 27.5 Å². The second-order valence-electron chi connectivity index (χ2n) is 6.12. The minimum Gasteiger partial charge on any atom is -0.481 e. The highest BCUT2D eigenvalue weighted by atomic mass is 32.2. The van der Waals surface area contributed by atoms with E-state index in [4.69, 9.17) is 9.52 Å². The fraction of sp³-hybridized carbons (Fsp3) is 0.333. The molecule has 0 unspecified atom stereocenters. The van der Waals surface area contributed by atoms with Gasteiger partial charge in [0.2, 0.25) is 5.09 Å². The number of carbonyl (C=O) groups excluding carboxylic acids is 1. The van der Waals surface area contributed by atoms with Gasteiger partial charge < -0.3 is 14.4 Å². The third kappa shape index (κ3) is 5.41. The van der Waals surface area contributed by atoms with Crippen molar-refractivity contribution in [3.63, 3.8) is 0 Å². The number of carbonyl (C=O) groups is 2. The summed E-state index contributed by atoms with van der Waals surface area (Å²) in [5.41, 5.74) is 0.869. The molecule has 0 saturated heterocycles. The number of benzene rings is 1. The first-order valence-corrected chi connectivity index (χ1v) is 9.73. The molecular weight excluding hydrogens is 372 g/mol. The van der Waals surface area contributed by atoms with Crippen molar-refractivity contribution in [3.8, 4) is 0 Å². The highest BCUT2D eigenvalue weighted by Gasteiger charge is 2.25. The fourth-order valence-electron chi connectivity index (χ4n) is 2.39. The zero-order chi connectivity index (χ0) is 20.0. The number of carboxylic acid groups (broad SMARTS) is 1. The Labute approximate surface area is 158 Å². The minimum atomic E-state index is -3.78. The van der Waals surface area contributed by atoms with Crippen LogP contribution in [0.25, 0.3) is 0 Å². The lowest BCUT2D eigenvalue weighted by atomic mass is 10.2. The van der Waals surface area contributed by atoms with Gasteiger partial charge in [0.15, 0.2) is 5.76 Å². The van der Waals surface area contributed by atoms with E-state index in [-0.39, 0.29) is 36.8 Å². The van der Waals surface area contributed by atoms with Gasteiger partial charge in [-0.05, 0) is 24.1 Å². The largest absolute Gasteiger partial charge is 0.481 e. The van der Waals surface area contributed by atoms with Crippen LogP contribution in [0.1, 0.15) is 29.0 Å². The quantitative estimate of drug-likeness (QED) is 0.697. The van der Waals surface area contributed by atoms with Gasteiger partial charge >= 0.3 is 5.97 Å². The maximum Gasteiger partial charge on any atom is 0.303 e. The molecule has 0 fully saturated rings. The molecule has 2 rings (SSSR count). The van der Waals surface area contributed by atoms with E-state index in [2.05, 4.69) is 0 Å². The normalized spacial score (nSPS) is 11.5. The van der Waals surface area contributed by atoms with Gasteiger partial charge in [-0.25, -0.2) is 12.7 Å². The molecule has 1 amide bonds. The molecule has 0 bridgehead atoms. The SMILES string of the molecule is CN(C)S(=O)(=O)c1ccc(C(=O)N(CCCC(=O)O)Cc2ccccc2)o1. The van der Waals surface area contributed by atoms with Crippen LogP contribution in [0.3, 0.4) is 0 Å². The van der Waals surface area contributed by atoms with Crippen LogP contribution in [0.5, 0.6) is 0 Å². The average molecular weight is 394 g/mol. The number of furan rings is 1. The predicted octanol–water partition coefficient (Wildman–Crippen LogP) is 2.04. The van der Waals surface area contributed by atoms with E-state index < -0.39 is 21.9 Å². The van der Waals surface area contributed by atoms with Crippen molar-refractivity contribution in [1.82, 2.24) is 9.21 Å². The van der Waals surface area contributed by atoms with Crippen LogP contribution < -0.4 is 0 Å². The maximum absolute atomic E-state index is 12.8. The van der Waals surface area contributed by atoms with Crippen LogP contribution >= 0.6 is 0 Å². The second-order valence-corrected chi connectivity index (χ2v) is 8.20. The predicted molar refractivity (Wildman–Crippen MR) is 97.6 cm³/mol. The molecule has 0 atom stereocenters. The molecule has 1 aromatic heterocycles. The molecule has 0 aliphatic carbocycles. The third-order valence-electron chi connectivity index (χ3n) is 3.85. The van der Waals surface area contributed by atoms with Crippen LogP contribution in [0, 0.1) is 0 Å². The molecule has 9 heteroatoms. The third-order valence-corrected chi connectivity index (χ3v) is 5.54. The van der Waals surface area contributed by atoms with Crippen LogP contribution in [0.15, 0.2) is 52.0 Å². The van der Waals surface area contributed by atoms with Gasteiger partial charge in [-0.15, -0.1) is 0 Å². The van der Waals surface area contributed by atoms with Crippen LogP contribution in [0.4, 0.5) is 0 Å². The van der Waals surface area contributed by atoms with Crippen molar-refractivity contribution >= 4 is 21.9 Å². The zero-order valence-electron chi connectivity index (χ0n) is 15.2. The molecule has 0 aliphatic rings. The summed E-state index contributed by atoms with van der Waals surface area (Å²) in [6.45, 7) is 0.465. The highest BCUT2D eigenvalue weighted by molar-refractivity contribution is 7.88. The number of nitrogens with zero attached hydrogens (tertiary/aromatic N) is 2. The number of hydrogen-bond donors (Lipinski definition) is 1. The molecule has 0 aliphatic heterocycles. The van der Waals surface area contributed by atoms with Gasteiger partial charge in [-0.2, -0.15) is 0 Å². The van der Waals surface area contributed by atoms with E-state index in [9.17, 15) is 18.0 Å². The van der Waals surface area contributed by atoms with Crippen molar-refractivity contribution in [2.24, 2.45) is 0 Å². The lowest BCUT2D eigenvalue weighted by Gasteiger charge is -2.21. The molecule has 146 valence electrons. The second kappa shape index (κ2) is 8.83. The Morgan fingerprint density at radius 3 is 2.33 bits per heavy atom. The molecule has 0 saturated carbocycles. The standard InChI is InChI=1S/C18H22N2O6S/c1-19(2)27(24,25)17-11-10-15(26-17)18(23)20(12-6-9-16(21)22)13-14-7-4-3-5-8-14/h3-5,7-8,10-11H,6,9,12-13H2,1-2H3,(H,21,22). The van der Waals surface area contributed by atoms with Crippen molar-refractivity contribution in [2.45, 2.75) is 24.5 Å². The van der Waals surface area contributed by atoms with Crippen molar-refractivity contribution in [1.29, 1.82) is 0 Å².